The van der Waals surface area contributed by atoms with Gasteiger partial charge in [0.1, 0.15) is 12.6 Å². The number of amides is 3. The van der Waals surface area contributed by atoms with Crippen molar-refractivity contribution in [3.8, 4) is 0 Å². The molecule has 1 aromatic rings. The monoisotopic (exact) mass is 345 g/mol. The molecule has 3 rings (SSSR count). The molecule has 0 aliphatic carbocycles. The quantitative estimate of drug-likeness (QED) is 0.840. The van der Waals surface area contributed by atoms with Crippen molar-refractivity contribution >= 4 is 35.1 Å². The van der Waals surface area contributed by atoms with E-state index < -0.39 is 12.0 Å². The van der Waals surface area contributed by atoms with Gasteiger partial charge in [0.15, 0.2) is 0 Å². The summed E-state index contributed by atoms with van der Waals surface area (Å²) < 4.78 is 0. The van der Waals surface area contributed by atoms with Gasteiger partial charge < -0.3 is 20.2 Å². The minimum Gasteiger partial charge on any atom is -0.480 e. The topological polar surface area (TPSA) is 107 Å². The van der Waals surface area contributed by atoms with E-state index in [1.807, 2.05) is 0 Å². The minimum atomic E-state index is -1.01. The average Bonchev–Trinajstić information content (AvgIpc) is 3.08. The smallest absolute Gasteiger partial charge is 0.326 e. The lowest BCUT2D eigenvalue weighted by molar-refractivity contribution is -0.148. The molecule has 2 heterocycles. The number of carboxylic acid groups (broad SMARTS) is 1. The minimum absolute atomic E-state index is 0.0662. The van der Waals surface area contributed by atoms with Gasteiger partial charge in [-0.2, -0.15) is 0 Å². The van der Waals surface area contributed by atoms with Crippen LogP contribution in [0.25, 0.3) is 0 Å². The van der Waals surface area contributed by atoms with Crippen LogP contribution in [0.4, 0.5) is 11.4 Å². The molecule has 132 valence electrons. The van der Waals surface area contributed by atoms with Gasteiger partial charge in [-0.3, -0.25) is 14.4 Å². The second-order valence-electron chi connectivity index (χ2n) is 6.13. The maximum Gasteiger partial charge on any atom is 0.326 e. The number of likely N-dealkylation sites (tertiary alicyclic amines) is 1. The summed E-state index contributed by atoms with van der Waals surface area (Å²) >= 11 is 0. The first kappa shape index (κ1) is 16.9. The molecule has 0 saturated carbocycles. The van der Waals surface area contributed by atoms with E-state index in [-0.39, 0.29) is 37.1 Å². The number of para-hydroxylation sites is 2. The van der Waals surface area contributed by atoms with Crippen LogP contribution >= 0.6 is 0 Å². The summed E-state index contributed by atoms with van der Waals surface area (Å²) in [7, 11) is 0. The molecule has 0 spiro atoms. The zero-order valence-corrected chi connectivity index (χ0v) is 13.6. The highest BCUT2D eigenvalue weighted by atomic mass is 16.4. The van der Waals surface area contributed by atoms with Crippen molar-refractivity contribution in [2.45, 2.75) is 31.7 Å². The SMILES string of the molecule is O=C1CN(C(=O)CCC(=O)N2CCCC2C(=O)O)c2ccccc2N1. The van der Waals surface area contributed by atoms with E-state index in [1.54, 1.807) is 24.3 Å². The van der Waals surface area contributed by atoms with Crippen molar-refractivity contribution in [1.29, 1.82) is 0 Å². The average molecular weight is 345 g/mol. The molecule has 1 aromatic carbocycles. The molecule has 1 unspecified atom stereocenters. The first-order valence-electron chi connectivity index (χ1n) is 8.19. The number of hydrogen-bond donors (Lipinski definition) is 2. The number of rotatable bonds is 4. The highest BCUT2D eigenvalue weighted by molar-refractivity contribution is 6.10. The third-order valence-corrected chi connectivity index (χ3v) is 4.48. The van der Waals surface area contributed by atoms with E-state index in [2.05, 4.69) is 5.32 Å². The largest absolute Gasteiger partial charge is 0.480 e. The number of carboxylic acids is 1. The number of benzene rings is 1. The Labute approximate surface area is 144 Å². The first-order chi connectivity index (χ1) is 12.0. The van der Waals surface area contributed by atoms with Crippen molar-refractivity contribution in [3.05, 3.63) is 24.3 Å². The van der Waals surface area contributed by atoms with E-state index >= 15 is 0 Å². The summed E-state index contributed by atoms with van der Waals surface area (Å²) in [5.41, 5.74) is 1.16. The molecular formula is C17H19N3O5. The summed E-state index contributed by atoms with van der Waals surface area (Å²) in [6, 6.07) is 6.16. The molecular weight excluding hydrogens is 326 g/mol. The molecule has 1 saturated heterocycles. The van der Waals surface area contributed by atoms with Gasteiger partial charge in [-0.25, -0.2) is 4.79 Å². The molecule has 25 heavy (non-hydrogen) atoms. The summed E-state index contributed by atoms with van der Waals surface area (Å²) in [5.74, 6) is -1.97. The Kier molecular flexibility index (Phi) is 4.69. The van der Waals surface area contributed by atoms with Crippen LogP contribution in [-0.4, -0.2) is 52.8 Å². The Morgan fingerprint density at radius 3 is 2.64 bits per heavy atom. The Morgan fingerprint density at radius 1 is 1.16 bits per heavy atom. The standard InChI is InChI=1S/C17H19N3O5/c21-14-10-20(12-5-2-1-4-11(12)18-14)16(23)8-7-15(22)19-9-3-6-13(19)17(24)25/h1-2,4-5,13H,3,6-10H2,(H,18,21)(H,24,25). The number of nitrogens with zero attached hydrogens (tertiary/aromatic N) is 2. The van der Waals surface area contributed by atoms with E-state index in [1.165, 1.54) is 9.80 Å². The van der Waals surface area contributed by atoms with Gasteiger partial charge in [0.2, 0.25) is 17.7 Å². The maximum atomic E-state index is 12.5. The van der Waals surface area contributed by atoms with Crippen LogP contribution in [0, 0.1) is 0 Å². The van der Waals surface area contributed by atoms with Crippen LogP contribution in [0.15, 0.2) is 24.3 Å². The molecule has 1 atom stereocenters. The van der Waals surface area contributed by atoms with Crippen LogP contribution in [0.5, 0.6) is 0 Å². The van der Waals surface area contributed by atoms with E-state index in [9.17, 15) is 19.2 Å². The fourth-order valence-corrected chi connectivity index (χ4v) is 3.27. The Hall–Kier alpha value is -2.90. The number of aliphatic carboxylic acids is 1. The predicted molar refractivity (Wildman–Crippen MR) is 89.0 cm³/mol. The van der Waals surface area contributed by atoms with Crippen molar-refractivity contribution in [3.63, 3.8) is 0 Å². The molecule has 0 bridgehead atoms. The summed E-state index contributed by atoms with van der Waals surface area (Å²) in [6.07, 6.45) is 0.956. The summed E-state index contributed by atoms with van der Waals surface area (Å²) in [6.45, 7) is 0.310. The number of anilines is 2. The number of hydrogen-bond acceptors (Lipinski definition) is 4. The molecule has 2 aliphatic heterocycles. The molecule has 1 fully saturated rings. The lowest BCUT2D eigenvalue weighted by Gasteiger charge is -2.29. The lowest BCUT2D eigenvalue weighted by atomic mass is 10.1. The molecule has 2 N–H and O–H groups in total. The Morgan fingerprint density at radius 2 is 1.88 bits per heavy atom. The maximum absolute atomic E-state index is 12.5. The summed E-state index contributed by atoms with van der Waals surface area (Å²) in [5, 5.41) is 11.8. The normalized spacial score (nSPS) is 19.4. The van der Waals surface area contributed by atoms with Crippen LogP contribution in [0.2, 0.25) is 0 Å². The molecule has 8 nitrogen and oxygen atoms in total. The fourth-order valence-electron chi connectivity index (χ4n) is 3.27. The number of fused-ring (bicyclic) bond motifs is 1. The second-order valence-corrected chi connectivity index (χ2v) is 6.13. The van der Waals surface area contributed by atoms with Gasteiger partial charge in [-0.1, -0.05) is 12.1 Å². The second kappa shape index (κ2) is 6.92. The van der Waals surface area contributed by atoms with Crippen molar-refractivity contribution in [2.24, 2.45) is 0 Å². The molecule has 8 heteroatoms. The number of carbonyl (C=O) groups is 4. The third kappa shape index (κ3) is 3.47. The van der Waals surface area contributed by atoms with Crippen LogP contribution in [0.1, 0.15) is 25.7 Å². The van der Waals surface area contributed by atoms with Crippen LogP contribution < -0.4 is 10.2 Å². The fraction of sp³-hybridized carbons (Fsp3) is 0.412. The Balaban J connectivity index is 1.64. The van der Waals surface area contributed by atoms with Crippen LogP contribution in [-0.2, 0) is 19.2 Å². The number of carbonyl (C=O) groups excluding carboxylic acids is 3. The van der Waals surface area contributed by atoms with E-state index in [0.717, 1.165) is 0 Å². The van der Waals surface area contributed by atoms with Gasteiger partial charge in [0.05, 0.1) is 11.4 Å². The highest BCUT2D eigenvalue weighted by Crippen LogP contribution is 2.29. The zero-order chi connectivity index (χ0) is 18.0. The lowest BCUT2D eigenvalue weighted by Crippen LogP contribution is -2.43. The zero-order valence-electron chi connectivity index (χ0n) is 13.6. The number of nitrogens with one attached hydrogen (secondary N) is 1. The molecule has 2 aliphatic rings. The van der Waals surface area contributed by atoms with Gasteiger partial charge in [0.25, 0.3) is 0 Å². The van der Waals surface area contributed by atoms with Crippen molar-refractivity contribution < 1.29 is 24.3 Å². The predicted octanol–water partition coefficient (Wildman–Crippen LogP) is 0.827. The molecule has 0 aromatic heterocycles. The van der Waals surface area contributed by atoms with E-state index in [0.29, 0.717) is 30.8 Å². The van der Waals surface area contributed by atoms with Crippen molar-refractivity contribution in [2.75, 3.05) is 23.3 Å². The third-order valence-electron chi connectivity index (χ3n) is 4.48. The first-order valence-corrected chi connectivity index (χ1v) is 8.19. The van der Waals surface area contributed by atoms with Gasteiger partial charge >= 0.3 is 5.97 Å². The molecule has 3 amide bonds. The summed E-state index contributed by atoms with van der Waals surface area (Å²) in [4.78, 5) is 50.4. The van der Waals surface area contributed by atoms with Gasteiger partial charge in [-0.05, 0) is 25.0 Å². The van der Waals surface area contributed by atoms with E-state index in [4.69, 9.17) is 5.11 Å². The van der Waals surface area contributed by atoms with Crippen molar-refractivity contribution in [1.82, 2.24) is 4.90 Å². The van der Waals surface area contributed by atoms with Crippen LogP contribution in [0.3, 0.4) is 0 Å². The van der Waals surface area contributed by atoms with Gasteiger partial charge in [-0.15, -0.1) is 0 Å². The Bertz CT molecular complexity index is 733. The van der Waals surface area contributed by atoms with Gasteiger partial charge in [0, 0.05) is 19.4 Å². The highest BCUT2D eigenvalue weighted by Gasteiger charge is 2.34. The molecule has 0 radical (unpaired) electrons.